The number of thiophene rings is 1. The summed E-state index contributed by atoms with van der Waals surface area (Å²) in [7, 11) is 0. The van der Waals surface area contributed by atoms with Crippen molar-refractivity contribution >= 4 is 33.8 Å². The van der Waals surface area contributed by atoms with E-state index in [0.29, 0.717) is 32.3 Å². The minimum Gasteiger partial charge on any atom is -0.321 e. The van der Waals surface area contributed by atoms with Gasteiger partial charge >= 0.3 is 6.18 Å². The summed E-state index contributed by atoms with van der Waals surface area (Å²) in [5.74, 6) is -1.82. The molecule has 9 heteroatoms. The number of alkyl halides is 3. The van der Waals surface area contributed by atoms with Crippen molar-refractivity contribution in [3.8, 4) is 0 Å². The van der Waals surface area contributed by atoms with Gasteiger partial charge in [-0.1, -0.05) is 18.2 Å². The molecule has 1 aliphatic rings. The van der Waals surface area contributed by atoms with E-state index in [4.69, 9.17) is 0 Å². The molecule has 0 aliphatic carbocycles. The Morgan fingerprint density at radius 1 is 1.16 bits per heavy atom. The molecule has 0 saturated heterocycles. The summed E-state index contributed by atoms with van der Waals surface area (Å²) in [6.45, 7) is 1.70. The Bertz CT molecular complexity index is 1170. The summed E-state index contributed by atoms with van der Waals surface area (Å²) in [6, 6.07) is 10.2. The van der Waals surface area contributed by atoms with Crippen LogP contribution in [-0.4, -0.2) is 11.8 Å². The number of nitrogens with one attached hydrogen (secondary N) is 2. The molecule has 0 radical (unpaired) electrons. The lowest BCUT2D eigenvalue weighted by Crippen LogP contribution is -2.23. The van der Waals surface area contributed by atoms with Gasteiger partial charge in [0.2, 0.25) is 5.91 Å². The molecule has 2 heterocycles. The van der Waals surface area contributed by atoms with Crippen LogP contribution in [0.25, 0.3) is 0 Å². The standard InChI is InChI=1S/C22H16F4N2O2S/c1-11-18-16(12-3-2-4-13(9-12)22(24,25)26)10-17(29)28-21(18)31-19(11)20(30)27-15-7-5-14(23)6-8-15/h2-9,16H,10H2,1H3,(H,27,30)(H,28,29)/t16-/m0/s1. The number of anilines is 2. The number of carbonyl (C=O) groups is 2. The van der Waals surface area contributed by atoms with Crippen LogP contribution in [0.2, 0.25) is 0 Å². The predicted octanol–water partition coefficient (Wildman–Crippen LogP) is 5.94. The molecule has 31 heavy (non-hydrogen) atoms. The maximum Gasteiger partial charge on any atom is 0.416 e. The van der Waals surface area contributed by atoms with E-state index in [1.54, 1.807) is 13.0 Å². The molecule has 0 spiro atoms. The monoisotopic (exact) mass is 448 g/mol. The molecule has 0 saturated carbocycles. The summed E-state index contributed by atoms with van der Waals surface area (Å²) in [5, 5.41) is 5.84. The minimum atomic E-state index is -4.50. The van der Waals surface area contributed by atoms with Gasteiger partial charge in [0.05, 0.1) is 15.4 Å². The van der Waals surface area contributed by atoms with Gasteiger partial charge in [0.15, 0.2) is 0 Å². The van der Waals surface area contributed by atoms with Gasteiger partial charge in [-0.2, -0.15) is 13.2 Å². The van der Waals surface area contributed by atoms with Gasteiger partial charge in [0.25, 0.3) is 5.91 Å². The molecular formula is C22H16F4N2O2S. The lowest BCUT2D eigenvalue weighted by atomic mass is 9.84. The second-order valence-electron chi connectivity index (χ2n) is 7.19. The molecule has 1 aliphatic heterocycles. The number of fused-ring (bicyclic) bond motifs is 1. The first-order chi connectivity index (χ1) is 14.6. The van der Waals surface area contributed by atoms with Crippen LogP contribution in [0.3, 0.4) is 0 Å². The minimum absolute atomic E-state index is 0.0229. The second kappa shape index (κ2) is 7.81. The smallest absolute Gasteiger partial charge is 0.321 e. The Morgan fingerprint density at radius 2 is 1.87 bits per heavy atom. The largest absolute Gasteiger partial charge is 0.416 e. The van der Waals surface area contributed by atoms with Gasteiger partial charge in [-0.05, 0) is 53.9 Å². The molecule has 1 aromatic heterocycles. The van der Waals surface area contributed by atoms with E-state index >= 15 is 0 Å². The van der Waals surface area contributed by atoms with Crippen LogP contribution in [0.15, 0.2) is 48.5 Å². The van der Waals surface area contributed by atoms with E-state index in [1.165, 1.54) is 30.3 Å². The molecule has 0 bridgehead atoms. The highest BCUT2D eigenvalue weighted by Crippen LogP contribution is 2.46. The van der Waals surface area contributed by atoms with Gasteiger partial charge in [0.1, 0.15) is 5.82 Å². The molecule has 3 aromatic rings. The maximum absolute atomic E-state index is 13.2. The molecule has 4 rings (SSSR count). The average Bonchev–Trinajstić information content (AvgIpc) is 3.05. The normalized spacial score (nSPS) is 15.9. The van der Waals surface area contributed by atoms with E-state index in [9.17, 15) is 27.2 Å². The highest BCUT2D eigenvalue weighted by Gasteiger charge is 2.35. The number of hydrogen-bond donors (Lipinski definition) is 2. The molecule has 0 fully saturated rings. The first-order valence-corrected chi connectivity index (χ1v) is 10.1. The Morgan fingerprint density at radius 3 is 2.55 bits per heavy atom. The van der Waals surface area contributed by atoms with Crippen LogP contribution < -0.4 is 10.6 Å². The van der Waals surface area contributed by atoms with Crippen LogP contribution >= 0.6 is 11.3 Å². The van der Waals surface area contributed by atoms with Crippen LogP contribution in [0.1, 0.15) is 44.3 Å². The number of benzene rings is 2. The van der Waals surface area contributed by atoms with Gasteiger partial charge in [0, 0.05) is 18.0 Å². The summed E-state index contributed by atoms with van der Waals surface area (Å²) in [6.07, 6.45) is -4.52. The summed E-state index contributed by atoms with van der Waals surface area (Å²) < 4.78 is 52.6. The third-order valence-corrected chi connectivity index (χ3v) is 6.33. The van der Waals surface area contributed by atoms with Crippen molar-refractivity contribution in [3.63, 3.8) is 0 Å². The van der Waals surface area contributed by atoms with Crippen LogP contribution in [0.4, 0.5) is 28.3 Å². The van der Waals surface area contributed by atoms with Gasteiger partial charge < -0.3 is 10.6 Å². The van der Waals surface area contributed by atoms with E-state index in [1.807, 2.05) is 0 Å². The van der Waals surface area contributed by atoms with Crippen LogP contribution in [0.5, 0.6) is 0 Å². The van der Waals surface area contributed by atoms with Crippen LogP contribution in [-0.2, 0) is 11.0 Å². The fourth-order valence-corrected chi connectivity index (χ4v) is 4.84. The van der Waals surface area contributed by atoms with Crippen LogP contribution in [0, 0.1) is 12.7 Å². The topological polar surface area (TPSA) is 58.2 Å². The Kier molecular flexibility index (Phi) is 5.30. The highest BCUT2D eigenvalue weighted by atomic mass is 32.1. The van der Waals surface area contributed by atoms with E-state index < -0.39 is 29.4 Å². The predicted molar refractivity (Wildman–Crippen MR) is 110 cm³/mol. The zero-order valence-corrected chi connectivity index (χ0v) is 17.0. The first-order valence-electron chi connectivity index (χ1n) is 9.30. The second-order valence-corrected chi connectivity index (χ2v) is 8.21. The third-order valence-electron chi connectivity index (χ3n) is 5.11. The summed E-state index contributed by atoms with van der Waals surface area (Å²) in [5.41, 5.74) is 1.18. The number of carbonyl (C=O) groups excluding carboxylic acids is 2. The van der Waals surface area contributed by atoms with Crippen molar-refractivity contribution in [3.05, 3.63) is 81.5 Å². The van der Waals surface area contributed by atoms with Crippen molar-refractivity contribution in [2.45, 2.75) is 25.4 Å². The fraction of sp³-hybridized carbons (Fsp3) is 0.182. The number of halogens is 4. The molecule has 2 amide bonds. The lowest BCUT2D eigenvalue weighted by Gasteiger charge is -2.24. The molecule has 4 nitrogen and oxygen atoms in total. The Labute approximate surface area is 178 Å². The summed E-state index contributed by atoms with van der Waals surface area (Å²) in [4.78, 5) is 25.4. The molecule has 160 valence electrons. The van der Waals surface area contributed by atoms with Gasteiger partial charge in [-0.25, -0.2) is 4.39 Å². The zero-order chi connectivity index (χ0) is 22.3. The average molecular weight is 448 g/mol. The van der Waals surface area contributed by atoms with Crippen molar-refractivity contribution in [1.82, 2.24) is 0 Å². The van der Waals surface area contributed by atoms with Crippen molar-refractivity contribution in [2.24, 2.45) is 0 Å². The van der Waals surface area contributed by atoms with E-state index in [0.717, 1.165) is 23.5 Å². The molecule has 2 N–H and O–H groups in total. The molecule has 2 aromatic carbocycles. The lowest BCUT2D eigenvalue weighted by molar-refractivity contribution is -0.137. The van der Waals surface area contributed by atoms with Gasteiger partial charge in [-0.3, -0.25) is 9.59 Å². The van der Waals surface area contributed by atoms with Crippen molar-refractivity contribution in [1.29, 1.82) is 0 Å². The quantitative estimate of drug-likeness (QED) is 0.487. The zero-order valence-electron chi connectivity index (χ0n) is 16.1. The summed E-state index contributed by atoms with van der Waals surface area (Å²) >= 11 is 1.06. The molecule has 1 atom stereocenters. The van der Waals surface area contributed by atoms with E-state index in [2.05, 4.69) is 10.6 Å². The number of rotatable bonds is 3. The van der Waals surface area contributed by atoms with Crippen molar-refractivity contribution in [2.75, 3.05) is 10.6 Å². The Hall–Kier alpha value is -3.20. The molecular weight excluding hydrogens is 432 g/mol. The van der Waals surface area contributed by atoms with Crippen molar-refractivity contribution < 1.29 is 27.2 Å². The number of amides is 2. The SMILES string of the molecule is Cc1c(C(=O)Nc2ccc(F)cc2)sc2c1[C@H](c1cccc(C(F)(F)F)c1)CC(=O)N2. The van der Waals surface area contributed by atoms with Gasteiger partial charge in [-0.15, -0.1) is 11.3 Å². The third kappa shape index (κ3) is 4.18. The maximum atomic E-state index is 13.2. The number of hydrogen-bond acceptors (Lipinski definition) is 3. The molecule has 0 unspecified atom stereocenters. The fourth-order valence-electron chi connectivity index (χ4n) is 3.66. The first kappa shape index (κ1) is 21.0. The Balaban J connectivity index is 1.71. The van der Waals surface area contributed by atoms with E-state index in [-0.39, 0.29) is 12.3 Å². The highest BCUT2D eigenvalue weighted by molar-refractivity contribution is 7.18.